The Balaban J connectivity index is 1.39. The van der Waals surface area contributed by atoms with Crippen LogP contribution in [0.5, 0.6) is 5.75 Å². The molecule has 3 aliphatic rings. The third kappa shape index (κ3) is 3.84. The topological polar surface area (TPSA) is 67.8 Å². The van der Waals surface area contributed by atoms with Crippen LogP contribution in [-0.4, -0.2) is 69.8 Å². The van der Waals surface area contributed by atoms with Crippen LogP contribution < -0.4 is 4.74 Å². The van der Waals surface area contributed by atoms with Gasteiger partial charge in [-0.25, -0.2) is 0 Å². The van der Waals surface area contributed by atoms with E-state index in [1.165, 1.54) is 11.5 Å². The lowest BCUT2D eigenvalue weighted by atomic mass is 9.80. The molecule has 1 aliphatic carbocycles. The zero-order valence-corrected chi connectivity index (χ0v) is 18.2. The molecule has 0 N–H and O–H groups in total. The Bertz CT molecular complexity index is 903. The minimum absolute atomic E-state index is 0.0116. The molecule has 0 bridgehead atoms. The van der Waals surface area contributed by atoms with Gasteiger partial charge in [0.05, 0.1) is 25.5 Å². The molecule has 3 heterocycles. The maximum atomic E-state index is 13.4. The summed E-state index contributed by atoms with van der Waals surface area (Å²) < 4.78 is 16.2. The number of amides is 1. The lowest BCUT2D eigenvalue weighted by molar-refractivity contribution is -0.0362. The first-order valence-electron chi connectivity index (χ1n) is 10.8. The highest BCUT2D eigenvalue weighted by Crippen LogP contribution is 2.40. The summed E-state index contributed by atoms with van der Waals surface area (Å²) in [5, 5.41) is 4.04. The molecule has 2 fully saturated rings. The molecule has 1 aromatic carbocycles. The molecular weight excluding hydrogens is 400 g/mol. The van der Waals surface area contributed by atoms with Crippen molar-refractivity contribution in [2.75, 3.05) is 32.8 Å². The van der Waals surface area contributed by atoms with Crippen molar-refractivity contribution in [3.63, 3.8) is 0 Å². The van der Waals surface area contributed by atoms with Crippen molar-refractivity contribution < 1.29 is 14.3 Å². The first kappa shape index (κ1) is 19.9. The van der Waals surface area contributed by atoms with E-state index in [0.717, 1.165) is 63.3 Å². The van der Waals surface area contributed by atoms with Gasteiger partial charge in [0, 0.05) is 31.2 Å². The number of ether oxygens (including phenoxy) is 2. The molecule has 2 aliphatic heterocycles. The van der Waals surface area contributed by atoms with Crippen LogP contribution >= 0.6 is 11.5 Å². The number of nitrogens with zero attached hydrogens (tertiary/aromatic N) is 4. The Morgan fingerprint density at radius 1 is 1.20 bits per heavy atom. The zero-order valence-electron chi connectivity index (χ0n) is 17.4. The zero-order chi connectivity index (χ0) is 20.6. The number of benzene rings is 1. The van der Waals surface area contributed by atoms with Gasteiger partial charge in [0.2, 0.25) is 0 Å². The molecule has 30 heavy (non-hydrogen) atoms. The van der Waals surface area contributed by atoms with Crippen LogP contribution in [0.3, 0.4) is 0 Å². The molecule has 0 unspecified atom stereocenters. The van der Waals surface area contributed by atoms with Crippen molar-refractivity contribution in [2.45, 2.75) is 50.8 Å². The van der Waals surface area contributed by atoms with Crippen LogP contribution in [0.15, 0.2) is 24.3 Å². The number of aryl methyl sites for hydroxylation is 1. The van der Waals surface area contributed by atoms with Crippen LogP contribution in [0.25, 0.3) is 0 Å². The fraction of sp³-hybridized carbons (Fsp3) is 0.591. The predicted molar refractivity (Wildman–Crippen MR) is 114 cm³/mol. The predicted octanol–water partition coefficient (Wildman–Crippen LogP) is 2.89. The summed E-state index contributed by atoms with van der Waals surface area (Å²) in [7, 11) is 0. The Hall–Kier alpha value is -2.03. The number of para-hydroxylation sites is 1. The van der Waals surface area contributed by atoms with Crippen LogP contribution in [0.4, 0.5) is 0 Å². The van der Waals surface area contributed by atoms with Gasteiger partial charge in [-0.05, 0) is 50.2 Å². The highest BCUT2D eigenvalue weighted by molar-refractivity contribution is 7.07. The van der Waals surface area contributed by atoms with E-state index in [1.807, 2.05) is 30.0 Å². The normalized spacial score (nSPS) is 27.4. The Labute approximate surface area is 181 Å². The summed E-state index contributed by atoms with van der Waals surface area (Å²) in [5.41, 5.74) is 1.43. The van der Waals surface area contributed by atoms with Crippen LogP contribution in [0, 0.1) is 6.92 Å². The molecule has 160 valence electrons. The van der Waals surface area contributed by atoms with E-state index in [1.54, 1.807) is 0 Å². The number of hydrogen-bond donors (Lipinski definition) is 0. The van der Waals surface area contributed by atoms with Crippen molar-refractivity contribution >= 4 is 17.4 Å². The fourth-order valence-electron chi connectivity index (χ4n) is 5.02. The van der Waals surface area contributed by atoms with E-state index in [0.29, 0.717) is 29.7 Å². The minimum Gasteiger partial charge on any atom is -0.485 e. The largest absolute Gasteiger partial charge is 0.485 e. The van der Waals surface area contributed by atoms with Crippen LogP contribution in [0.1, 0.15) is 46.6 Å². The Morgan fingerprint density at radius 2 is 1.97 bits per heavy atom. The number of hydrogen-bond acceptors (Lipinski definition) is 7. The van der Waals surface area contributed by atoms with Gasteiger partial charge in [-0.1, -0.05) is 22.7 Å². The van der Waals surface area contributed by atoms with Gasteiger partial charge in [-0.3, -0.25) is 9.69 Å². The SMILES string of the molecule is Cc1nnsc1C(=O)N1Cc2ccccc2OC2(CCC(N3CCOCC3)CC2)C1. The standard InChI is InChI=1S/C22H28N4O3S/c1-16-20(30-24-23-16)21(27)26-14-17-4-2-3-5-19(17)29-22(15-26)8-6-18(7-9-22)25-10-12-28-13-11-25/h2-5,18H,6-15H2,1H3. The highest BCUT2D eigenvalue weighted by atomic mass is 32.1. The molecule has 1 spiro atoms. The third-order valence-electron chi connectivity index (χ3n) is 6.70. The monoisotopic (exact) mass is 428 g/mol. The smallest absolute Gasteiger partial charge is 0.267 e. The number of carbonyl (C=O) groups excluding carboxylic acids is 1. The van der Waals surface area contributed by atoms with Gasteiger partial charge in [-0.2, -0.15) is 0 Å². The second kappa shape index (κ2) is 8.24. The summed E-state index contributed by atoms with van der Waals surface area (Å²) in [4.78, 5) is 18.5. The molecule has 1 saturated carbocycles. The second-order valence-corrected chi connectivity index (χ2v) is 9.38. The molecular formula is C22H28N4O3S. The fourth-order valence-corrected chi connectivity index (χ4v) is 5.65. The summed E-state index contributed by atoms with van der Waals surface area (Å²) in [6.45, 7) is 6.70. The lowest BCUT2D eigenvalue weighted by Gasteiger charge is -2.45. The van der Waals surface area contributed by atoms with E-state index in [2.05, 4.69) is 20.6 Å². The number of fused-ring (bicyclic) bond motifs is 1. The van der Waals surface area contributed by atoms with Crippen molar-refractivity contribution in [2.24, 2.45) is 0 Å². The highest BCUT2D eigenvalue weighted by Gasteiger charge is 2.43. The number of morpholine rings is 1. The number of aromatic nitrogens is 2. The summed E-state index contributed by atoms with van der Waals surface area (Å²) >= 11 is 1.18. The number of carbonyl (C=O) groups is 1. The molecule has 1 aromatic heterocycles. The van der Waals surface area contributed by atoms with Crippen molar-refractivity contribution in [1.29, 1.82) is 0 Å². The van der Waals surface area contributed by atoms with Crippen LogP contribution in [0.2, 0.25) is 0 Å². The maximum absolute atomic E-state index is 13.4. The van der Waals surface area contributed by atoms with Crippen molar-refractivity contribution in [3.05, 3.63) is 40.4 Å². The second-order valence-electron chi connectivity index (χ2n) is 8.62. The molecule has 0 atom stereocenters. The van der Waals surface area contributed by atoms with Gasteiger partial charge < -0.3 is 14.4 Å². The maximum Gasteiger partial charge on any atom is 0.267 e. The summed E-state index contributed by atoms with van der Waals surface area (Å²) in [6.07, 6.45) is 4.08. The van der Waals surface area contributed by atoms with Crippen LogP contribution in [-0.2, 0) is 11.3 Å². The minimum atomic E-state index is -0.336. The van der Waals surface area contributed by atoms with Gasteiger partial charge in [0.25, 0.3) is 5.91 Å². The summed E-state index contributed by atoms with van der Waals surface area (Å²) in [5.74, 6) is 0.925. The Kier molecular flexibility index (Phi) is 5.47. The lowest BCUT2D eigenvalue weighted by Crippen LogP contribution is -2.53. The molecule has 1 amide bonds. The molecule has 2 aromatic rings. The first-order chi connectivity index (χ1) is 14.6. The molecule has 7 nitrogen and oxygen atoms in total. The van der Waals surface area contributed by atoms with E-state index in [4.69, 9.17) is 9.47 Å². The van der Waals surface area contributed by atoms with Gasteiger partial charge in [0.15, 0.2) is 0 Å². The van der Waals surface area contributed by atoms with E-state index in [9.17, 15) is 4.79 Å². The quantitative estimate of drug-likeness (QED) is 0.733. The van der Waals surface area contributed by atoms with Crippen molar-refractivity contribution in [3.8, 4) is 5.75 Å². The average Bonchev–Trinajstić information content (AvgIpc) is 3.13. The van der Waals surface area contributed by atoms with E-state index in [-0.39, 0.29) is 11.5 Å². The average molecular weight is 429 g/mol. The summed E-state index contributed by atoms with van der Waals surface area (Å²) in [6, 6.07) is 8.71. The molecule has 8 heteroatoms. The molecule has 5 rings (SSSR count). The van der Waals surface area contributed by atoms with Gasteiger partial charge >= 0.3 is 0 Å². The van der Waals surface area contributed by atoms with Gasteiger partial charge in [0.1, 0.15) is 16.2 Å². The molecule has 0 radical (unpaired) electrons. The van der Waals surface area contributed by atoms with E-state index < -0.39 is 0 Å². The first-order valence-corrected chi connectivity index (χ1v) is 11.6. The number of rotatable bonds is 2. The van der Waals surface area contributed by atoms with Crippen molar-refractivity contribution in [1.82, 2.24) is 19.4 Å². The third-order valence-corrected chi connectivity index (χ3v) is 7.52. The Morgan fingerprint density at radius 3 is 2.70 bits per heavy atom. The van der Waals surface area contributed by atoms with Gasteiger partial charge in [-0.15, -0.1) is 5.10 Å². The molecule has 1 saturated heterocycles. The van der Waals surface area contributed by atoms with E-state index >= 15 is 0 Å².